The molecule has 1 saturated heterocycles. The Morgan fingerprint density at radius 2 is 1.91 bits per heavy atom. The highest BCUT2D eigenvalue weighted by atomic mass is 35.5. The van der Waals surface area contributed by atoms with Crippen molar-refractivity contribution in [3.05, 3.63) is 47.4 Å². The molecule has 0 unspecified atom stereocenters. The third kappa shape index (κ3) is 3.12. The summed E-state index contributed by atoms with van der Waals surface area (Å²) in [5, 5.41) is 9.74. The lowest BCUT2D eigenvalue weighted by Gasteiger charge is -2.33. The molecule has 1 aliphatic heterocycles. The van der Waals surface area contributed by atoms with Gasteiger partial charge in [-0.1, -0.05) is 23.7 Å². The van der Waals surface area contributed by atoms with E-state index in [9.17, 15) is 0 Å². The maximum atomic E-state index is 9.11. The van der Waals surface area contributed by atoms with Crippen LogP contribution in [0.2, 0.25) is 5.02 Å². The van der Waals surface area contributed by atoms with Crippen LogP contribution < -0.4 is 9.64 Å². The van der Waals surface area contributed by atoms with Gasteiger partial charge in [-0.2, -0.15) is 5.26 Å². The Balaban J connectivity index is 1.63. The standard InChI is InChI=1S/C16H15ClN4O/c17-13-3-1-2-4-15(13)22-12-5-9-21(10-6-12)16-14(11-18)19-7-8-20-16/h1-4,7-8,12H,5-6,9-10H2. The molecule has 22 heavy (non-hydrogen) atoms. The summed E-state index contributed by atoms with van der Waals surface area (Å²) in [6.07, 6.45) is 4.98. The van der Waals surface area contributed by atoms with Crippen molar-refractivity contribution in [2.24, 2.45) is 0 Å². The van der Waals surface area contributed by atoms with Crippen molar-refractivity contribution in [1.82, 2.24) is 9.97 Å². The van der Waals surface area contributed by atoms with Crippen molar-refractivity contribution in [2.75, 3.05) is 18.0 Å². The number of piperidine rings is 1. The largest absolute Gasteiger partial charge is 0.489 e. The first kappa shape index (κ1) is 14.6. The van der Waals surface area contributed by atoms with Crippen LogP contribution in [0, 0.1) is 11.3 Å². The zero-order chi connectivity index (χ0) is 15.4. The molecule has 1 fully saturated rings. The van der Waals surface area contributed by atoms with Gasteiger partial charge in [0.15, 0.2) is 11.5 Å². The number of rotatable bonds is 3. The van der Waals surface area contributed by atoms with Crippen LogP contribution in [0.5, 0.6) is 5.75 Å². The molecule has 5 nitrogen and oxygen atoms in total. The van der Waals surface area contributed by atoms with E-state index in [0.29, 0.717) is 16.5 Å². The van der Waals surface area contributed by atoms with Crippen LogP contribution >= 0.6 is 11.6 Å². The highest BCUT2D eigenvalue weighted by molar-refractivity contribution is 6.32. The monoisotopic (exact) mass is 314 g/mol. The van der Waals surface area contributed by atoms with E-state index in [2.05, 4.69) is 20.9 Å². The van der Waals surface area contributed by atoms with Crippen molar-refractivity contribution in [3.8, 4) is 11.8 Å². The summed E-state index contributed by atoms with van der Waals surface area (Å²) in [7, 11) is 0. The summed E-state index contributed by atoms with van der Waals surface area (Å²) in [6, 6.07) is 9.59. The molecule has 0 radical (unpaired) electrons. The molecule has 0 bridgehead atoms. The molecule has 1 aromatic carbocycles. The predicted molar refractivity (Wildman–Crippen MR) is 84.1 cm³/mol. The maximum absolute atomic E-state index is 9.11. The second-order valence-electron chi connectivity index (χ2n) is 5.08. The lowest BCUT2D eigenvalue weighted by molar-refractivity contribution is 0.171. The normalized spacial score (nSPS) is 15.4. The first-order chi connectivity index (χ1) is 10.8. The topological polar surface area (TPSA) is 62.0 Å². The van der Waals surface area contributed by atoms with Crippen LogP contribution in [-0.4, -0.2) is 29.2 Å². The van der Waals surface area contributed by atoms with E-state index in [0.717, 1.165) is 31.7 Å². The Morgan fingerprint density at radius 3 is 2.64 bits per heavy atom. The van der Waals surface area contributed by atoms with Gasteiger partial charge in [0.1, 0.15) is 17.9 Å². The average Bonchev–Trinajstić information content (AvgIpc) is 2.58. The highest BCUT2D eigenvalue weighted by Crippen LogP contribution is 2.28. The Morgan fingerprint density at radius 1 is 1.18 bits per heavy atom. The maximum Gasteiger partial charge on any atom is 0.183 e. The number of hydrogen-bond acceptors (Lipinski definition) is 5. The molecule has 0 N–H and O–H groups in total. The molecule has 1 aromatic heterocycles. The van der Waals surface area contributed by atoms with E-state index in [1.165, 1.54) is 6.20 Å². The molecule has 1 aliphatic rings. The van der Waals surface area contributed by atoms with Gasteiger partial charge in [-0.25, -0.2) is 9.97 Å². The Hall–Kier alpha value is -2.32. The fraction of sp³-hybridized carbons (Fsp3) is 0.312. The van der Waals surface area contributed by atoms with Gasteiger partial charge in [0.25, 0.3) is 0 Å². The summed E-state index contributed by atoms with van der Waals surface area (Å²) in [6.45, 7) is 1.56. The zero-order valence-electron chi connectivity index (χ0n) is 11.9. The van der Waals surface area contributed by atoms with Gasteiger partial charge < -0.3 is 9.64 Å². The molecule has 6 heteroatoms. The van der Waals surface area contributed by atoms with Crippen LogP contribution in [-0.2, 0) is 0 Å². The Labute approximate surface area is 134 Å². The molecule has 0 aliphatic carbocycles. The van der Waals surface area contributed by atoms with Crippen LogP contribution in [0.4, 0.5) is 5.82 Å². The number of para-hydroxylation sites is 1. The minimum absolute atomic E-state index is 0.123. The quantitative estimate of drug-likeness (QED) is 0.871. The van der Waals surface area contributed by atoms with Gasteiger partial charge in [0, 0.05) is 38.3 Å². The van der Waals surface area contributed by atoms with Crippen molar-refractivity contribution in [2.45, 2.75) is 18.9 Å². The summed E-state index contributed by atoms with van der Waals surface area (Å²) in [5.74, 6) is 1.38. The van der Waals surface area contributed by atoms with Crippen molar-refractivity contribution in [1.29, 1.82) is 5.26 Å². The minimum Gasteiger partial charge on any atom is -0.489 e. The van der Waals surface area contributed by atoms with Crippen molar-refractivity contribution >= 4 is 17.4 Å². The summed E-state index contributed by atoms with van der Waals surface area (Å²) in [5.41, 5.74) is 0.368. The van der Waals surface area contributed by atoms with Gasteiger partial charge in [0.2, 0.25) is 0 Å². The molecular formula is C16H15ClN4O. The first-order valence-electron chi connectivity index (χ1n) is 7.15. The Kier molecular flexibility index (Phi) is 4.40. The molecule has 3 rings (SSSR count). The molecule has 0 saturated carbocycles. The van der Waals surface area contributed by atoms with Crippen LogP contribution in [0.25, 0.3) is 0 Å². The molecule has 2 aromatic rings. The van der Waals surface area contributed by atoms with Gasteiger partial charge in [-0.05, 0) is 12.1 Å². The number of anilines is 1. The SMILES string of the molecule is N#Cc1nccnc1N1CCC(Oc2ccccc2Cl)CC1. The van der Waals surface area contributed by atoms with Crippen LogP contribution in [0.1, 0.15) is 18.5 Å². The van der Waals surface area contributed by atoms with E-state index in [1.807, 2.05) is 24.3 Å². The average molecular weight is 315 g/mol. The van der Waals surface area contributed by atoms with Crippen LogP contribution in [0.15, 0.2) is 36.7 Å². The summed E-state index contributed by atoms with van der Waals surface area (Å²) >= 11 is 6.12. The smallest absolute Gasteiger partial charge is 0.183 e. The van der Waals surface area contributed by atoms with E-state index in [-0.39, 0.29) is 6.10 Å². The third-order valence-corrected chi connectivity index (χ3v) is 3.97. The van der Waals surface area contributed by atoms with Gasteiger partial charge in [-0.3, -0.25) is 0 Å². The highest BCUT2D eigenvalue weighted by Gasteiger charge is 2.23. The number of aromatic nitrogens is 2. The molecule has 2 heterocycles. The summed E-state index contributed by atoms with van der Waals surface area (Å²) < 4.78 is 5.97. The molecule has 0 spiro atoms. The van der Waals surface area contributed by atoms with Gasteiger partial charge >= 0.3 is 0 Å². The lowest BCUT2D eigenvalue weighted by Crippen LogP contribution is -2.39. The zero-order valence-corrected chi connectivity index (χ0v) is 12.7. The minimum atomic E-state index is 0.123. The molecule has 112 valence electrons. The first-order valence-corrected chi connectivity index (χ1v) is 7.53. The molecular weight excluding hydrogens is 300 g/mol. The number of hydrogen-bond donors (Lipinski definition) is 0. The number of nitrogens with zero attached hydrogens (tertiary/aromatic N) is 4. The molecule has 0 amide bonds. The second-order valence-corrected chi connectivity index (χ2v) is 5.48. The molecule has 0 atom stereocenters. The van der Waals surface area contributed by atoms with Gasteiger partial charge in [-0.15, -0.1) is 0 Å². The predicted octanol–water partition coefficient (Wildman–Crippen LogP) is 3.05. The number of nitriles is 1. The van der Waals surface area contributed by atoms with Crippen LogP contribution in [0.3, 0.4) is 0 Å². The number of ether oxygens (including phenoxy) is 1. The fourth-order valence-corrected chi connectivity index (χ4v) is 2.73. The van der Waals surface area contributed by atoms with E-state index < -0.39 is 0 Å². The number of benzene rings is 1. The lowest BCUT2D eigenvalue weighted by atomic mass is 10.1. The number of halogens is 1. The fourth-order valence-electron chi connectivity index (χ4n) is 2.55. The van der Waals surface area contributed by atoms with Gasteiger partial charge in [0.05, 0.1) is 5.02 Å². The second kappa shape index (κ2) is 6.63. The van der Waals surface area contributed by atoms with Crippen molar-refractivity contribution in [3.63, 3.8) is 0 Å². The van der Waals surface area contributed by atoms with E-state index >= 15 is 0 Å². The Bertz CT molecular complexity index is 693. The van der Waals surface area contributed by atoms with E-state index in [4.69, 9.17) is 21.6 Å². The van der Waals surface area contributed by atoms with Crippen molar-refractivity contribution < 1.29 is 4.74 Å². The van der Waals surface area contributed by atoms with E-state index in [1.54, 1.807) is 6.20 Å². The third-order valence-electron chi connectivity index (χ3n) is 3.66. The summed E-state index contributed by atoms with van der Waals surface area (Å²) in [4.78, 5) is 10.4.